The van der Waals surface area contributed by atoms with E-state index in [2.05, 4.69) is 19.9 Å². The van der Waals surface area contributed by atoms with Gasteiger partial charge in [0.05, 0.1) is 29.6 Å². The SMILES string of the molecule is Cl.O=C(Cc1cnc(C2=C(Cl)CCN(c3nccs3)C2)cn1)c1c(F)cccc1F. The number of benzene rings is 1. The second-order valence-electron chi connectivity index (χ2n) is 6.46. The van der Waals surface area contributed by atoms with E-state index in [0.717, 1.165) is 29.4 Å². The number of rotatable bonds is 5. The zero-order chi connectivity index (χ0) is 20.4. The van der Waals surface area contributed by atoms with E-state index in [0.29, 0.717) is 29.4 Å². The van der Waals surface area contributed by atoms with E-state index < -0.39 is 23.0 Å². The van der Waals surface area contributed by atoms with Crippen molar-refractivity contribution in [1.82, 2.24) is 15.0 Å². The molecule has 2 aromatic heterocycles. The van der Waals surface area contributed by atoms with Crippen LogP contribution >= 0.6 is 35.3 Å². The van der Waals surface area contributed by atoms with Crippen molar-refractivity contribution in [2.45, 2.75) is 12.8 Å². The predicted octanol–water partition coefficient (Wildman–Crippen LogP) is 4.92. The molecule has 0 atom stereocenters. The molecule has 0 bridgehead atoms. The number of halogens is 4. The predicted molar refractivity (Wildman–Crippen MR) is 115 cm³/mol. The number of hydrogen-bond donors (Lipinski definition) is 0. The van der Waals surface area contributed by atoms with Crippen LogP contribution in [0.1, 0.15) is 28.2 Å². The molecule has 0 spiro atoms. The number of hydrogen-bond acceptors (Lipinski definition) is 6. The van der Waals surface area contributed by atoms with Crippen LogP contribution in [-0.2, 0) is 6.42 Å². The molecule has 0 amide bonds. The summed E-state index contributed by atoms with van der Waals surface area (Å²) >= 11 is 7.97. The molecule has 4 rings (SSSR count). The van der Waals surface area contributed by atoms with E-state index in [1.165, 1.54) is 18.5 Å². The third-order valence-electron chi connectivity index (χ3n) is 4.57. The van der Waals surface area contributed by atoms with Gasteiger partial charge in [0.1, 0.15) is 11.6 Å². The van der Waals surface area contributed by atoms with E-state index in [-0.39, 0.29) is 18.8 Å². The molecule has 0 saturated heterocycles. The smallest absolute Gasteiger partial charge is 0.185 e. The third-order valence-corrected chi connectivity index (χ3v) is 5.81. The number of thiazole rings is 1. The Bertz CT molecular complexity index is 1050. The van der Waals surface area contributed by atoms with Crippen LogP contribution in [0.2, 0.25) is 0 Å². The summed E-state index contributed by atoms with van der Waals surface area (Å²) in [6.45, 7) is 1.32. The van der Waals surface area contributed by atoms with E-state index in [1.54, 1.807) is 17.5 Å². The first-order valence-corrected chi connectivity index (χ1v) is 10.1. The number of carbonyl (C=O) groups is 1. The lowest BCUT2D eigenvalue weighted by atomic mass is 10.0. The highest BCUT2D eigenvalue weighted by Crippen LogP contribution is 2.31. The first kappa shape index (κ1) is 22.3. The minimum atomic E-state index is -0.888. The number of carbonyl (C=O) groups excluding carboxylic acids is 1. The Morgan fingerprint density at radius 3 is 2.57 bits per heavy atom. The molecule has 0 aliphatic carbocycles. The van der Waals surface area contributed by atoms with Crippen molar-refractivity contribution in [3.05, 3.63) is 75.8 Å². The molecular weight excluding hydrogens is 453 g/mol. The highest BCUT2D eigenvalue weighted by Gasteiger charge is 2.22. The highest BCUT2D eigenvalue weighted by molar-refractivity contribution is 7.13. The Balaban J connectivity index is 0.00000256. The summed E-state index contributed by atoms with van der Waals surface area (Å²) < 4.78 is 27.6. The van der Waals surface area contributed by atoms with Gasteiger partial charge in [0.2, 0.25) is 0 Å². The summed E-state index contributed by atoms with van der Waals surface area (Å²) in [5.74, 6) is -2.46. The van der Waals surface area contributed by atoms with Crippen molar-refractivity contribution >= 4 is 51.8 Å². The van der Waals surface area contributed by atoms with Crippen molar-refractivity contribution in [1.29, 1.82) is 0 Å². The topological polar surface area (TPSA) is 59.0 Å². The van der Waals surface area contributed by atoms with Gasteiger partial charge in [-0.15, -0.1) is 23.7 Å². The summed E-state index contributed by atoms with van der Waals surface area (Å²) in [4.78, 5) is 27.3. The van der Waals surface area contributed by atoms with Crippen LogP contribution in [0, 0.1) is 11.6 Å². The van der Waals surface area contributed by atoms with Gasteiger partial charge in [-0.2, -0.15) is 0 Å². The average Bonchev–Trinajstić information content (AvgIpc) is 3.24. The molecule has 0 unspecified atom stereocenters. The fourth-order valence-electron chi connectivity index (χ4n) is 3.11. The fraction of sp³-hybridized carbons (Fsp3) is 0.200. The van der Waals surface area contributed by atoms with E-state index in [9.17, 15) is 13.6 Å². The van der Waals surface area contributed by atoms with E-state index in [4.69, 9.17) is 11.6 Å². The van der Waals surface area contributed by atoms with Crippen LogP contribution in [0.15, 0.2) is 47.2 Å². The fourth-order valence-corrected chi connectivity index (χ4v) is 4.03. The largest absolute Gasteiger partial charge is 0.343 e. The Hall–Kier alpha value is -2.42. The van der Waals surface area contributed by atoms with Gasteiger partial charge >= 0.3 is 0 Å². The second-order valence-corrected chi connectivity index (χ2v) is 7.79. The second kappa shape index (κ2) is 9.59. The molecule has 5 nitrogen and oxygen atoms in total. The van der Waals surface area contributed by atoms with E-state index in [1.807, 2.05) is 5.38 Å². The van der Waals surface area contributed by atoms with Gasteiger partial charge in [-0.25, -0.2) is 13.8 Å². The standard InChI is InChI=1S/C20H15ClF2N4OS.ClH/c21-14-4-6-27(20-24-5-7-29-20)11-13(14)17-10-25-12(9-26-17)8-18(28)19-15(22)2-1-3-16(19)23;/h1-3,5,7,9-10H,4,6,8,11H2;1H. The Labute approximate surface area is 186 Å². The van der Waals surface area contributed by atoms with Gasteiger partial charge in [-0.1, -0.05) is 17.7 Å². The summed E-state index contributed by atoms with van der Waals surface area (Å²) in [6.07, 6.45) is 5.15. The molecule has 0 fully saturated rings. The Morgan fingerprint density at radius 2 is 1.93 bits per heavy atom. The number of aromatic nitrogens is 3. The maximum Gasteiger partial charge on any atom is 0.185 e. The lowest BCUT2D eigenvalue weighted by Crippen LogP contribution is -2.30. The van der Waals surface area contributed by atoms with Gasteiger partial charge in [0, 0.05) is 47.9 Å². The molecular formula is C20H16Cl2F2N4OS. The molecule has 156 valence electrons. The molecule has 1 aliphatic heterocycles. The van der Waals surface area contributed by atoms with Gasteiger partial charge in [-0.3, -0.25) is 14.8 Å². The molecule has 1 aromatic carbocycles. The zero-order valence-corrected chi connectivity index (χ0v) is 17.9. The molecule has 0 saturated carbocycles. The van der Waals surface area contributed by atoms with Crippen molar-refractivity contribution in [3.8, 4) is 0 Å². The summed E-state index contributed by atoms with van der Waals surface area (Å²) in [5.41, 5.74) is 1.21. The molecule has 3 aromatic rings. The maximum atomic E-state index is 13.8. The van der Waals surface area contributed by atoms with Crippen molar-refractivity contribution in [2.24, 2.45) is 0 Å². The molecule has 3 heterocycles. The van der Waals surface area contributed by atoms with Crippen LogP contribution < -0.4 is 4.90 Å². The van der Waals surface area contributed by atoms with E-state index >= 15 is 0 Å². The molecule has 10 heteroatoms. The first-order chi connectivity index (χ1) is 14.0. The molecule has 30 heavy (non-hydrogen) atoms. The van der Waals surface area contributed by atoms with Crippen LogP contribution in [0.5, 0.6) is 0 Å². The number of anilines is 1. The van der Waals surface area contributed by atoms with Crippen LogP contribution in [-0.4, -0.2) is 33.8 Å². The number of ketones is 1. The quantitative estimate of drug-likeness (QED) is 0.497. The summed E-state index contributed by atoms with van der Waals surface area (Å²) in [6, 6.07) is 3.32. The summed E-state index contributed by atoms with van der Waals surface area (Å²) in [7, 11) is 0. The number of nitrogens with zero attached hydrogens (tertiary/aromatic N) is 4. The lowest BCUT2D eigenvalue weighted by Gasteiger charge is -2.28. The van der Waals surface area contributed by atoms with Crippen molar-refractivity contribution in [3.63, 3.8) is 0 Å². The zero-order valence-electron chi connectivity index (χ0n) is 15.5. The minimum Gasteiger partial charge on any atom is -0.343 e. The normalized spacial score (nSPS) is 13.9. The van der Waals surface area contributed by atoms with Gasteiger partial charge in [0.15, 0.2) is 10.9 Å². The van der Waals surface area contributed by atoms with Crippen LogP contribution in [0.4, 0.5) is 13.9 Å². The lowest BCUT2D eigenvalue weighted by molar-refractivity contribution is 0.0983. The maximum absolute atomic E-state index is 13.8. The van der Waals surface area contributed by atoms with Crippen molar-refractivity contribution in [2.75, 3.05) is 18.0 Å². The average molecular weight is 469 g/mol. The van der Waals surface area contributed by atoms with Gasteiger partial charge in [-0.05, 0) is 12.1 Å². The van der Waals surface area contributed by atoms with Gasteiger partial charge < -0.3 is 4.90 Å². The summed E-state index contributed by atoms with van der Waals surface area (Å²) in [5, 5.41) is 3.54. The van der Waals surface area contributed by atoms with Gasteiger partial charge in [0.25, 0.3) is 0 Å². The van der Waals surface area contributed by atoms with Crippen LogP contribution in [0.3, 0.4) is 0 Å². The molecule has 1 aliphatic rings. The van der Waals surface area contributed by atoms with Crippen LogP contribution in [0.25, 0.3) is 5.57 Å². The highest BCUT2D eigenvalue weighted by atomic mass is 35.5. The van der Waals surface area contributed by atoms with Crippen molar-refractivity contribution < 1.29 is 13.6 Å². The Morgan fingerprint density at radius 1 is 1.17 bits per heavy atom. The molecule has 0 radical (unpaired) electrons. The monoisotopic (exact) mass is 468 g/mol. The third kappa shape index (κ3) is 4.66. The Kier molecular flexibility index (Phi) is 7.12. The minimum absolute atomic E-state index is 0. The first-order valence-electron chi connectivity index (χ1n) is 8.83. The molecule has 0 N–H and O–H groups in total. The number of Topliss-reactive ketones (excluding diaryl/α,β-unsaturated/α-hetero) is 1.